The molecule has 0 saturated heterocycles. The summed E-state index contributed by atoms with van der Waals surface area (Å²) >= 11 is 7.80. The van der Waals surface area contributed by atoms with E-state index in [1.807, 2.05) is 60.7 Å². The van der Waals surface area contributed by atoms with E-state index in [4.69, 9.17) is 21.3 Å². The third-order valence-electron chi connectivity index (χ3n) is 5.47. The number of halogens is 1. The molecule has 34 heavy (non-hydrogen) atoms. The molecule has 5 rings (SSSR count). The zero-order chi connectivity index (χ0) is 23.3. The van der Waals surface area contributed by atoms with Crippen LogP contribution in [0.15, 0.2) is 90.1 Å². The van der Waals surface area contributed by atoms with Gasteiger partial charge in [-0.05, 0) is 31.2 Å². The molecular weight excluding hydrogens is 464 g/mol. The molecule has 2 heterocycles. The molecule has 0 N–H and O–H groups in total. The third kappa shape index (κ3) is 4.65. The van der Waals surface area contributed by atoms with Gasteiger partial charge in [0.2, 0.25) is 0 Å². The molecule has 0 unspecified atom stereocenters. The van der Waals surface area contributed by atoms with Gasteiger partial charge < -0.3 is 9.30 Å². The molecule has 5 aromatic rings. The average Bonchev–Trinajstić information content (AvgIpc) is 3.30. The highest BCUT2D eigenvalue weighted by atomic mass is 35.5. The molecule has 7 heteroatoms. The number of hydrogen-bond acceptors (Lipinski definition) is 5. The van der Waals surface area contributed by atoms with Gasteiger partial charge in [-0.3, -0.25) is 0 Å². The van der Waals surface area contributed by atoms with Crippen molar-refractivity contribution in [2.45, 2.75) is 18.6 Å². The average molecular weight is 487 g/mol. The van der Waals surface area contributed by atoms with Crippen molar-refractivity contribution in [2.75, 3.05) is 12.4 Å². The molecule has 0 saturated carbocycles. The van der Waals surface area contributed by atoms with Gasteiger partial charge in [0.05, 0.1) is 22.8 Å². The maximum Gasteiger partial charge on any atom is 0.191 e. The van der Waals surface area contributed by atoms with Gasteiger partial charge in [0, 0.05) is 28.8 Å². The Kier molecular flexibility index (Phi) is 6.79. The predicted octanol–water partition coefficient (Wildman–Crippen LogP) is 7.00. The highest BCUT2D eigenvalue weighted by Gasteiger charge is 2.17. The molecular formula is C27H23ClN4OS. The van der Waals surface area contributed by atoms with Crippen molar-refractivity contribution >= 4 is 34.3 Å². The van der Waals surface area contributed by atoms with E-state index in [9.17, 15) is 0 Å². The van der Waals surface area contributed by atoms with Gasteiger partial charge in [-0.15, -0.1) is 10.2 Å². The fourth-order valence-electron chi connectivity index (χ4n) is 3.84. The van der Waals surface area contributed by atoms with Crippen molar-refractivity contribution in [1.82, 2.24) is 19.7 Å². The number of aromatic nitrogens is 4. The van der Waals surface area contributed by atoms with Crippen LogP contribution in [0, 0.1) is 0 Å². The quantitative estimate of drug-likeness (QED) is 0.174. The Balaban J connectivity index is 1.44. The largest absolute Gasteiger partial charge is 0.491 e. The summed E-state index contributed by atoms with van der Waals surface area (Å²) in [4.78, 5) is 4.90. The van der Waals surface area contributed by atoms with Crippen LogP contribution in [-0.2, 0) is 6.54 Å². The summed E-state index contributed by atoms with van der Waals surface area (Å²) < 4.78 is 7.98. The van der Waals surface area contributed by atoms with Crippen molar-refractivity contribution in [2.24, 2.45) is 0 Å². The maximum absolute atomic E-state index is 6.18. The van der Waals surface area contributed by atoms with Crippen LogP contribution < -0.4 is 4.74 Å². The minimum Gasteiger partial charge on any atom is -0.491 e. The van der Waals surface area contributed by atoms with E-state index in [0.717, 1.165) is 51.0 Å². The molecule has 0 radical (unpaired) electrons. The number of nitrogens with zero attached hydrogens (tertiary/aromatic N) is 4. The number of para-hydroxylation sites is 2. The number of thioether (sulfide) groups is 1. The molecule has 170 valence electrons. The monoisotopic (exact) mass is 486 g/mol. The van der Waals surface area contributed by atoms with Crippen LogP contribution in [0.2, 0.25) is 5.02 Å². The number of rotatable bonds is 8. The summed E-state index contributed by atoms with van der Waals surface area (Å²) in [6.45, 7) is 3.39. The first kappa shape index (κ1) is 22.4. The van der Waals surface area contributed by atoms with Gasteiger partial charge in [-0.1, -0.05) is 84.0 Å². The van der Waals surface area contributed by atoms with E-state index >= 15 is 0 Å². The van der Waals surface area contributed by atoms with Gasteiger partial charge in [-0.25, -0.2) is 4.98 Å². The molecule has 0 amide bonds. The lowest BCUT2D eigenvalue weighted by atomic mass is 10.0. The Labute approximate surface area is 207 Å². The Morgan fingerprint density at radius 1 is 0.912 bits per heavy atom. The van der Waals surface area contributed by atoms with E-state index in [-0.39, 0.29) is 0 Å². The number of benzene rings is 3. The Morgan fingerprint density at radius 2 is 1.68 bits per heavy atom. The van der Waals surface area contributed by atoms with Crippen molar-refractivity contribution in [3.05, 3.63) is 90.0 Å². The second-order valence-electron chi connectivity index (χ2n) is 7.62. The molecule has 0 fully saturated rings. The van der Waals surface area contributed by atoms with Crippen LogP contribution in [0.4, 0.5) is 0 Å². The van der Waals surface area contributed by atoms with Crippen LogP contribution in [0.5, 0.6) is 5.75 Å². The number of pyridine rings is 1. The SMILES string of the molecule is CCn1c(SCCOc2ccccc2Cl)nnc1-c1cc(-c2ccccc2)nc2ccccc12. The Morgan fingerprint density at radius 3 is 2.50 bits per heavy atom. The molecule has 3 aromatic carbocycles. The predicted molar refractivity (Wildman–Crippen MR) is 140 cm³/mol. The van der Waals surface area contributed by atoms with Crippen molar-refractivity contribution in [1.29, 1.82) is 0 Å². The Bertz CT molecular complexity index is 1420. The second kappa shape index (κ2) is 10.3. The van der Waals surface area contributed by atoms with E-state index in [0.29, 0.717) is 17.4 Å². The van der Waals surface area contributed by atoms with Crippen LogP contribution in [0.3, 0.4) is 0 Å². The maximum atomic E-state index is 6.18. The smallest absolute Gasteiger partial charge is 0.191 e. The van der Waals surface area contributed by atoms with Crippen LogP contribution >= 0.6 is 23.4 Å². The van der Waals surface area contributed by atoms with Gasteiger partial charge in [0.25, 0.3) is 0 Å². The van der Waals surface area contributed by atoms with E-state index in [1.165, 1.54) is 0 Å². The lowest BCUT2D eigenvalue weighted by Crippen LogP contribution is -2.04. The molecule has 2 aromatic heterocycles. The zero-order valence-corrected chi connectivity index (χ0v) is 20.3. The lowest BCUT2D eigenvalue weighted by Gasteiger charge is -2.12. The van der Waals surface area contributed by atoms with Crippen LogP contribution in [0.1, 0.15) is 6.92 Å². The molecule has 0 aliphatic heterocycles. The third-order valence-corrected chi connectivity index (χ3v) is 6.71. The summed E-state index contributed by atoms with van der Waals surface area (Å²) in [7, 11) is 0. The molecule has 0 spiro atoms. The van der Waals surface area contributed by atoms with Gasteiger partial charge in [0.15, 0.2) is 11.0 Å². The lowest BCUT2D eigenvalue weighted by molar-refractivity contribution is 0.344. The first-order chi connectivity index (χ1) is 16.7. The second-order valence-corrected chi connectivity index (χ2v) is 9.09. The summed E-state index contributed by atoms with van der Waals surface area (Å²) in [6.07, 6.45) is 0. The van der Waals surface area contributed by atoms with Crippen LogP contribution in [-0.4, -0.2) is 32.1 Å². The summed E-state index contributed by atoms with van der Waals surface area (Å²) in [5.41, 5.74) is 3.95. The number of hydrogen-bond donors (Lipinski definition) is 0. The summed E-state index contributed by atoms with van der Waals surface area (Å²) in [5.74, 6) is 2.27. The van der Waals surface area contributed by atoms with E-state index < -0.39 is 0 Å². The number of ether oxygens (including phenoxy) is 1. The zero-order valence-electron chi connectivity index (χ0n) is 18.7. The minimum absolute atomic E-state index is 0.524. The van der Waals surface area contributed by atoms with E-state index in [2.05, 4.69) is 46.0 Å². The molecule has 0 aliphatic rings. The fourth-order valence-corrected chi connectivity index (χ4v) is 4.85. The highest BCUT2D eigenvalue weighted by molar-refractivity contribution is 7.99. The van der Waals surface area contributed by atoms with Crippen molar-refractivity contribution in [3.8, 4) is 28.4 Å². The van der Waals surface area contributed by atoms with E-state index in [1.54, 1.807) is 11.8 Å². The van der Waals surface area contributed by atoms with Gasteiger partial charge in [0.1, 0.15) is 5.75 Å². The summed E-state index contributed by atoms with van der Waals surface area (Å²) in [5, 5.41) is 11.6. The van der Waals surface area contributed by atoms with Gasteiger partial charge >= 0.3 is 0 Å². The molecule has 0 aliphatic carbocycles. The minimum atomic E-state index is 0.524. The Hall–Kier alpha value is -3.35. The van der Waals surface area contributed by atoms with Crippen molar-refractivity contribution in [3.63, 3.8) is 0 Å². The van der Waals surface area contributed by atoms with Gasteiger partial charge in [-0.2, -0.15) is 0 Å². The molecule has 0 bridgehead atoms. The number of fused-ring (bicyclic) bond motifs is 1. The molecule has 5 nitrogen and oxygen atoms in total. The standard InChI is InChI=1S/C27H23ClN4OS/c1-2-32-26(30-31-27(32)34-17-16-33-25-15-9-7-13-22(25)28)21-18-24(19-10-4-3-5-11-19)29-23-14-8-6-12-20(21)23/h3-15,18H,2,16-17H2,1H3. The summed E-state index contributed by atoms with van der Waals surface area (Å²) in [6, 6.07) is 28.0. The fraction of sp³-hybridized carbons (Fsp3) is 0.148. The van der Waals surface area contributed by atoms with Crippen molar-refractivity contribution < 1.29 is 4.74 Å². The highest BCUT2D eigenvalue weighted by Crippen LogP contribution is 2.33. The molecule has 0 atom stereocenters. The van der Waals surface area contributed by atoms with Crippen LogP contribution in [0.25, 0.3) is 33.5 Å². The first-order valence-corrected chi connectivity index (χ1v) is 12.5. The first-order valence-electron chi connectivity index (χ1n) is 11.1. The normalized spacial score (nSPS) is 11.1. The topological polar surface area (TPSA) is 52.8 Å².